The van der Waals surface area contributed by atoms with Crippen molar-refractivity contribution in [2.75, 3.05) is 5.73 Å². The fourth-order valence-corrected chi connectivity index (χ4v) is 3.06. The number of nitrogen functional groups attached to an aromatic ring is 1. The van der Waals surface area contributed by atoms with Crippen molar-refractivity contribution in [1.29, 1.82) is 0 Å². The number of benzene rings is 1. The Morgan fingerprint density at radius 1 is 1.31 bits per heavy atom. The SMILES string of the molecule is Nc1nc(Br)c(Cc2ccc(Cl)c(Cl)c2)s1. The van der Waals surface area contributed by atoms with E-state index < -0.39 is 0 Å². The molecule has 0 saturated carbocycles. The number of thiazole rings is 1. The van der Waals surface area contributed by atoms with Gasteiger partial charge in [-0.3, -0.25) is 0 Å². The number of rotatable bonds is 2. The van der Waals surface area contributed by atoms with E-state index in [0.717, 1.165) is 21.5 Å². The lowest BCUT2D eigenvalue weighted by Gasteiger charge is -2.01. The average Bonchev–Trinajstić information content (AvgIpc) is 2.51. The lowest BCUT2D eigenvalue weighted by atomic mass is 10.1. The third-order valence-corrected chi connectivity index (χ3v) is 4.56. The van der Waals surface area contributed by atoms with Crippen molar-refractivity contribution in [3.8, 4) is 0 Å². The maximum atomic E-state index is 5.94. The summed E-state index contributed by atoms with van der Waals surface area (Å²) in [5, 5.41) is 1.68. The van der Waals surface area contributed by atoms with E-state index in [4.69, 9.17) is 28.9 Å². The zero-order valence-electron chi connectivity index (χ0n) is 8.01. The monoisotopic (exact) mass is 336 g/mol. The molecule has 6 heteroatoms. The van der Waals surface area contributed by atoms with Gasteiger partial charge in [-0.25, -0.2) is 4.98 Å². The molecule has 0 bridgehead atoms. The third-order valence-electron chi connectivity index (χ3n) is 2.01. The predicted octanol–water partition coefficient (Wildman–Crippen LogP) is 4.39. The van der Waals surface area contributed by atoms with Crippen molar-refractivity contribution in [3.63, 3.8) is 0 Å². The molecule has 0 aliphatic rings. The molecule has 0 amide bonds. The molecular weight excluding hydrogens is 331 g/mol. The molecule has 2 aromatic rings. The first kappa shape index (κ1) is 12.2. The summed E-state index contributed by atoms with van der Waals surface area (Å²) in [5.74, 6) is 0. The number of anilines is 1. The molecule has 0 aliphatic carbocycles. The van der Waals surface area contributed by atoms with Crippen LogP contribution in [-0.2, 0) is 6.42 Å². The maximum Gasteiger partial charge on any atom is 0.181 e. The minimum absolute atomic E-state index is 0.557. The van der Waals surface area contributed by atoms with Gasteiger partial charge in [0.1, 0.15) is 4.60 Å². The second kappa shape index (κ2) is 4.92. The molecule has 0 radical (unpaired) electrons. The fourth-order valence-electron chi connectivity index (χ4n) is 1.29. The Morgan fingerprint density at radius 2 is 2.06 bits per heavy atom. The Morgan fingerprint density at radius 3 is 2.62 bits per heavy atom. The smallest absolute Gasteiger partial charge is 0.181 e. The Bertz CT molecular complexity index is 528. The standard InChI is InChI=1S/C10H7BrCl2N2S/c11-9-8(16-10(14)15-9)4-5-1-2-6(12)7(13)3-5/h1-3H,4H2,(H2,14,15). The van der Waals surface area contributed by atoms with Gasteiger partial charge >= 0.3 is 0 Å². The first-order valence-electron chi connectivity index (χ1n) is 4.41. The van der Waals surface area contributed by atoms with Crippen molar-refractivity contribution in [1.82, 2.24) is 4.98 Å². The van der Waals surface area contributed by atoms with Crippen molar-refractivity contribution in [2.45, 2.75) is 6.42 Å². The summed E-state index contributed by atoms with van der Waals surface area (Å²) in [6.45, 7) is 0. The summed E-state index contributed by atoms with van der Waals surface area (Å²) in [4.78, 5) is 5.18. The Balaban J connectivity index is 2.27. The van der Waals surface area contributed by atoms with Crippen molar-refractivity contribution < 1.29 is 0 Å². The van der Waals surface area contributed by atoms with Crippen molar-refractivity contribution in [2.24, 2.45) is 0 Å². The van der Waals surface area contributed by atoms with Crippen LogP contribution in [0.15, 0.2) is 22.8 Å². The Hall–Kier alpha value is -0.290. The van der Waals surface area contributed by atoms with E-state index in [0.29, 0.717) is 15.2 Å². The van der Waals surface area contributed by atoms with Gasteiger partial charge in [0.2, 0.25) is 0 Å². The quantitative estimate of drug-likeness (QED) is 0.882. The van der Waals surface area contributed by atoms with Gasteiger partial charge in [-0.1, -0.05) is 29.3 Å². The van der Waals surface area contributed by atoms with Crippen molar-refractivity contribution in [3.05, 3.63) is 43.3 Å². The maximum absolute atomic E-state index is 5.94. The third kappa shape index (κ3) is 2.69. The minimum Gasteiger partial charge on any atom is -0.375 e. The highest BCUT2D eigenvalue weighted by atomic mass is 79.9. The van der Waals surface area contributed by atoms with Crippen LogP contribution in [0.25, 0.3) is 0 Å². The van der Waals surface area contributed by atoms with E-state index in [1.54, 1.807) is 6.07 Å². The van der Waals surface area contributed by atoms with Gasteiger partial charge in [0, 0.05) is 11.3 Å². The molecule has 2 nitrogen and oxygen atoms in total. The molecule has 0 atom stereocenters. The van der Waals surface area contributed by atoms with Crippen LogP contribution >= 0.6 is 50.5 Å². The normalized spacial score (nSPS) is 10.7. The van der Waals surface area contributed by atoms with Gasteiger partial charge in [-0.2, -0.15) is 0 Å². The van der Waals surface area contributed by atoms with Crippen LogP contribution < -0.4 is 5.73 Å². The number of aromatic nitrogens is 1. The molecule has 2 rings (SSSR count). The summed E-state index contributed by atoms with van der Waals surface area (Å²) in [6.07, 6.45) is 0.742. The highest BCUT2D eigenvalue weighted by molar-refractivity contribution is 9.10. The average molecular weight is 338 g/mol. The summed E-state index contributed by atoms with van der Waals surface area (Å²) in [7, 11) is 0. The molecule has 0 unspecified atom stereocenters. The molecule has 1 aromatic heterocycles. The second-order valence-electron chi connectivity index (χ2n) is 3.19. The summed E-state index contributed by atoms with van der Waals surface area (Å²) >= 11 is 16.6. The van der Waals surface area contributed by atoms with E-state index in [1.807, 2.05) is 12.1 Å². The minimum atomic E-state index is 0.557. The van der Waals surface area contributed by atoms with Gasteiger partial charge in [0.05, 0.1) is 10.0 Å². The summed E-state index contributed by atoms with van der Waals surface area (Å²) in [5.41, 5.74) is 6.70. The van der Waals surface area contributed by atoms with E-state index >= 15 is 0 Å². The molecular formula is C10H7BrCl2N2S. The predicted molar refractivity (Wildman–Crippen MR) is 73.5 cm³/mol. The fraction of sp³-hybridized carbons (Fsp3) is 0.100. The van der Waals surface area contributed by atoms with Gasteiger partial charge in [-0.05, 0) is 33.6 Å². The highest BCUT2D eigenvalue weighted by Crippen LogP contribution is 2.29. The van der Waals surface area contributed by atoms with Crippen LogP contribution in [0.1, 0.15) is 10.4 Å². The molecule has 2 N–H and O–H groups in total. The zero-order valence-corrected chi connectivity index (χ0v) is 11.9. The van der Waals surface area contributed by atoms with Gasteiger partial charge in [-0.15, -0.1) is 11.3 Å². The van der Waals surface area contributed by atoms with Crippen LogP contribution in [0.4, 0.5) is 5.13 Å². The number of hydrogen-bond donors (Lipinski definition) is 1. The van der Waals surface area contributed by atoms with Crippen LogP contribution in [0.5, 0.6) is 0 Å². The van der Waals surface area contributed by atoms with Gasteiger partial charge < -0.3 is 5.73 Å². The zero-order chi connectivity index (χ0) is 11.7. The summed E-state index contributed by atoms with van der Waals surface area (Å²) in [6, 6.07) is 5.58. The molecule has 0 fully saturated rings. The van der Waals surface area contributed by atoms with E-state index in [1.165, 1.54) is 11.3 Å². The van der Waals surface area contributed by atoms with Crippen LogP contribution in [-0.4, -0.2) is 4.98 Å². The number of hydrogen-bond acceptors (Lipinski definition) is 3. The molecule has 1 aromatic carbocycles. The molecule has 84 valence electrons. The highest BCUT2D eigenvalue weighted by Gasteiger charge is 2.08. The number of nitrogens with zero attached hydrogens (tertiary/aromatic N) is 1. The lowest BCUT2D eigenvalue weighted by Crippen LogP contribution is -1.86. The molecule has 0 spiro atoms. The van der Waals surface area contributed by atoms with E-state index in [-0.39, 0.29) is 0 Å². The largest absolute Gasteiger partial charge is 0.375 e. The van der Waals surface area contributed by atoms with E-state index in [9.17, 15) is 0 Å². The Kier molecular flexibility index (Phi) is 3.74. The Labute approximate surface area is 116 Å². The molecule has 0 aliphatic heterocycles. The first-order chi connectivity index (χ1) is 7.56. The van der Waals surface area contributed by atoms with Crippen LogP contribution in [0, 0.1) is 0 Å². The van der Waals surface area contributed by atoms with E-state index in [2.05, 4.69) is 20.9 Å². The molecule has 1 heterocycles. The topological polar surface area (TPSA) is 38.9 Å². The lowest BCUT2D eigenvalue weighted by molar-refractivity contribution is 1.19. The molecule has 16 heavy (non-hydrogen) atoms. The van der Waals surface area contributed by atoms with Crippen LogP contribution in [0.2, 0.25) is 10.0 Å². The number of nitrogens with two attached hydrogens (primary N) is 1. The second-order valence-corrected chi connectivity index (χ2v) is 5.87. The molecule has 0 saturated heterocycles. The van der Waals surface area contributed by atoms with Gasteiger partial charge in [0.25, 0.3) is 0 Å². The van der Waals surface area contributed by atoms with Crippen molar-refractivity contribution >= 4 is 55.6 Å². The summed E-state index contributed by atoms with van der Waals surface area (Å²) < 4.78 is 0.793. The van der Waals surface area contributed by atoms with Crippen LogP contribution in [0.3, 0.4) is 0 Å². The van der Waals surface area contributed by atoms with Gasteiger partial charge in [0.15, 0.2) is 5.13 Å². The first-order valence-corrected chi connectivity index (χ1v) is 6.77. The number of halogens is 3.